The van der Waals surface area contributed by atoms with Crippen LogP contribution in [0.4, 0.5) is 15.3 Å². The average molecular weight is 577 g/mol. The summed E-state index contributed by atoms with van der Waals surface area (Å²) in [7, 11) is 1.59. The summed E-state index contributed by atoms with van der Waals surface area (Å²) in [5.41, 5.74) is 3.82. The largest absolute Gasteiger partial charge is 0.496 e. The Labute approximate surface area is 246 Å². The first-order valence-electron chi connectivity index (χ1n) is 14.4. The van der Waals surface area contributed by atoms with Crippen molar-refractivity contribution in [1.29, 1.82) is 0 Å². The van der Waals surface area contributed by atoms with Crippen LogP contribution in [0.1, 0.15) is 50.8 Å². The number of fused-ring (bicyclic) bond motifs is 1. The second-order valence-corrected chi connectivity index (χ2v) is 12.1. The fourth-order valence-electron chi connectivity index (χ4n) is 5.57. The highest BCUT2D eigenvalue weighted by atomic mass is 16.6. The summed E-state index contributed by atoms with van der Waals surface area (Å²) in [5.74, 6) is 0.435. The summed E-state index contributed by atoms with van der Waals surface area (Å²) in [5, 5.41) is 4.48. The Morgan fingerprint density at radius 3 is 2.57 bits per heavy atom. The molecule has 0 radical (unpaired) electrons. The number of hydrogen-bond acceptors (Lipinski definition) is 7. The number of anilines is 1. The van der Waals surface area contributed by atoms with Crippen molar-refractivity contribution in [2.24, 2.45) is 0 Å². The van der Waals surface area contributed by atoms with Gasteiger partial charge in [0, 0.05) is 56.9 Å². The monoisotopic (exact) mass is 576 g/mol. The number of carbonyl (C=O) groups is 3. The fourth-order valence-corrected chi connectivity index (χ4v) is 5.57. The Morgan fingerprint density at radius 1 is 1.07 bits per heavy atom. The number of ether oxygens (including phenoxy) is 2. The summed E-state index contributed by atoms with van der Waals surface area (Å²) in [6, 6.07) is 9.45. The summed E-state index contributed by atoms with van der Waals surface area (Å²) in [6.07, 6.45) is 3.51. The van der Waals surface area contributed by atoms with Crippen molar-refractivity contribution >= 4 is 29.2 Å². The number of aromatic nitrogens is 2. The summed E-state index contributed by atoms with van der Waals surface area (Å²) < 4.78 is 12.8. The van der Waals surface area contributed by atoms with Gasteiger partial charge in [0.25, 0.3) is 0 Å². The maximum atomic E-state index is 13.7. The minimum absolute atomic E-state index is 0.0181. The van der Waals surface area contributed by atoms with Gasteiger partial charge in [-0.05, 0) is 63.9 Å². The van der Waals surface area contributed by atoms with Crippen LogP contribution < -0.4 is 9.64 Å². The van der Waals surface area contributed by atoms with Crippen molar-refractivity contribution in [3.63, 3.8) is 0 Å². The second kappa shape index (κ2) is 11.6. The van der Waals surface area contributed by atoms with E-state index in [1.165, 1.54) is 4.90 Å². The maximum absolute atomic E-state index is 13.7. The maximum Gasteiger partial charge on any atom is 0.410 e. The molecule has 0 aliphatic carbocycles. The molecule has 2 aliphatic rings. The summed E-state index contributed by atoms with van der Waals surface area (Å²) in [4.78, 5) is 46.2. The molecule has 42 heavy (non-hydrogen) atoms. The normalized spacial score (nSPS) is 18.6. The van der Waals surface area contributed by atoms with E-state index in [0.717, 1.165) is 35.3 Å². The van der Waals surface area contributed by atoms with E-state index >= 15 is 0 Å². The molecule has 4 heterocycles. The van der Waals surface area contributed by atoms with Gasteiger partial charge in [0.15, 0.2) is 0 Å². The number of carbonyl (C=O) groups excluding carboxylic acids is 3. The van der Waals surface area contributed by atoms with Gasteiger partial charge in [-0.25, -0.2) is 14.1 Å². The Bertz CT molecular complexity index is 1490. The topological polar surface area (TPSA) is 99.9 Å². The Morgan fingerprint density at radius 2 is 1.86 bits per heavy atom. The first-order chi connectivity index (χ1) is 19.9. The highest BCUT2D eigenvalue weighted by molar-refractivity contribution is 6.07. The lowest BCUT2D eigenvalue weighted by atomic mass is 10.1. The molecular formula is C31H40N6O5. The van der Waals surface area contributed by atoms with Gasteiger partial charge < -0.3 is 14.4 Å². The third-order valence-corrected chi connectivity index (χ3v) is 7.69. The Kier molecular flexibility index (Phi) is 8.14. The molecule has 2 aromatic heterocycles. The lowest BCUT2D eigenvalue weighted by molar-refractivity contribution is -0.129. The van der Waals surface area contributed by atoms with Crippen molar-refractivity contribution in [2.45, 2.75) is 65.8 Å². The molecule has 2 fully saturated rings. The number of aryl methyl sites for hydroxylation is 1. The molecule has 0 bridgehead atoms. The van der Waals surface area contributed by atoms with E-state index in [0.29, 0.717) is 24.5 Å². The number of methoxy groups -OCH3 is 1. The minimum Gasteiger partial charge on any atom is -0.496 e. The molecule has 2 saturated heterocycles. The molecule has 1 atom stereocenters. The predicted molar refractivity (Wildman–Crippen MR) is 159 cm³/mol. The van der Waals surface area contributed by atoms with Gasteiger partial charge in [-0.1, -0.05) is 12.1 Å². The van der Waals surface area contributed by atoms with Crippen LogP contribution in [0.15, 0.2) is 42.7 Å². The zero-order valence-corrected chi connectivity index (χ0v) is 25.3. The van der Waals surface area contributed by atoms with Crippen LogP contribution in [-0.2, 0) is 22.6 Å². The van der Waals surface area contributed by atoms with Crippen molar-refractivity contribution in [1.82, 2.24) is 24.3 Å². The number of nitrogens with zero attached hydrogens (tertiary/aromatic N) is 6. The first-order valence-corrected chi connectivity index (χ1v) is 14.4. The SMILES string of the molecule is COc1cc(C)ccc1CN1C(=O)CCN(c2cnn3ccc(CN4CCN(C(=O)OC(C)(C)C)[C@@H](C)C4)cc23)C1=O. The molecular weight excluding hydrogens is 536 g/mol. The summed E-state index contributed by atoms with van der Waals surface area (Å²) in [6.45, 7) is 12.8. The first kappa shape index (κ1) is 29.4. The van der Waals surface area contributed by atoms with Gasteiger partial charge >= 0.3 is 12.1 Å². The van der Waals surface area contributed by atoms with E-state index < -0.39 is 5.60 Å². The molecule has 2 aliphatic heterocycles. The van der Waals surface area contributed by atoms with Crippen LogP contribution in [0.25, 0.3) is 5.52 Å². The van der Waals surface area contributed by atoms with Crippen LogP contribution in [-0.4, -0.2) is 87.3 Å². The van der Waals surface area contributed by atoms with Crippen molar-refractivity contribution in [3.8, 4) is 5.75 Å². The number of amides is 4. The van der Waals surface area contributed by atoms with E-state index in [1.54, 1.807) is 27.6 Å². The number of hydrogen-bond donors (Lipinski definition) is 0. The molecule has 4 amide bonds. The Hall–Kier alpha value is -4.12. The van der Waals surface area contributed by atoms with Gasteiger partial charge in [-0.2, -0.15) is 5.10 Å². The van der Waals surface area contributed by atoms with Crippen LogP contribution in [0, 0.1) is 6.92 Å². The van der Waals surface area contributed by atoms with E-state index in [4.69, 9.17) is 9.47 Å². The van der Waals surface area contributed by atoms with Gasteiger partial charge in [-0.15, -0.1) is 0 Å². The number of pyridine rings is 1. The number of rotatable bonds is 6. The van der Waals surface area contributed by atoms with E-state index in [1.807, 2.05) is 71.1 Å². The standard InChI is InChI=1S/C31H40N6O5/c1-21-7-8-24(27(15-21)41-6)20-36-28(38)10-11-35(29(36)39)26-17-32-37-12-9-23(16-25(26)37)19-33-13-14-34(22(2)18-33)30(40)42-31(3,4)5/h7-9,12,15-17,22H,10-11,13-14,18-20H2,1-6H3/t22-/m0/s1. The van der Waals surface area contributed by atoms with Crippen LogP contribution in [0.3, 0.4) is 0 Å². The van der Waals surface area contributed by atoms with Gasteiger partial charge in [-0.3, -0.25) is 19.5 Å². The zero-order valence-electron chi connectivity index (χ0n) is 25.3. The van der Waals surface area contributed by atoms with Gasteiger partial charge in [0.2, 0.25) is 5.91 Å². The lowest BCUT2D eigenvalue weighted by Gasteiger charge is -2.40. The molecule has 0 N–H and O–H groups in total. The quantitative estimate of drug-likeness (QED) is 0.427. The van der Waals surface area contributed by atoms with E-state index in [-0.39, 0.29) is 43.6 Å². The molecule has 11 nitrogen and oxygen atoms in total. The van der Waals surface area contributed by atoms with E-state index in [9.17, 15) is 14.4 Å². The number of urea groups is 1. The number of benzene rings is 1. The molecule has 0 unspecified atom stereocenters. The van der Waals surface area contributed by atoms with Crippen LogP contribution >= 0.6 is 0 Å². The highest BCUT2D eigenvalue weighted by Crippen LogP contribution is 2.29. The number of piperazine rings is 1. The lowest BCUT2D eigenvalue weighted by Crippen LogP contribution is -2.54. The van der Waals surface area contributed by atoms with Crippen LogP contribution in [0.2, 0.25) is 0 Å². The highest BCUT2D eigenvalue weighted by Gasteiger charge is 2.35. The number of imide groups is 1. The smallest absolute Gasteiger partial charge is 0.410 e. The van der Waals surface area contributed by atoms with E-state index in [2.05, 4.69) is 10.00 Å². The molecule has 0 saturated carbocycles. The molecule has 224 valence electrons. The third-order valence-electron chi connectivity index (χ3n) is 7.69. The minimum atomic E-state index is -0.528. The molecule has 1 aromatic carbocycles. The zero-order chi connectivity index (χ0) is 30.2. The predicted octanol–water partition coefficient (Wildman–Crippen LogP) is 4.45. The van der Waals surface area contributed by atoms with Crippen molar-refractivity contribution in [3.05, 3.63) is 59.4 Å². The molecule has 3 aromatic rings. The average Bonchev–Trinajstić information content (AvgIpc) is 3.33. The molecule has 0 spiro atoms. The second-order valence-electron chi connectivity index (χ2n) is 12.1. The van der Waals surface area contributed by atoms with Crippen LogP contribution in [0.5, 0.6) is 5.75 Å². The van der Waals surface area contributed by atoms with Crippen molar-refractivity contribution in [2.75, 3.05) is 38.2 Å². The summed E-state index contributed by atoms with van der Waals surface area (Å²) >= 11 is 0. The Balaban J connectivity index is 1.31. The fraction of sp³-hybridized carbons (Fsp3) is 0.484. The third kappa shape index (κ3) is 6.20. The van der Waals surface area contributed by atoms with Gasteiger partial charge in [0.05, 0.1) is 31.1 Å². The van der Waals surface area contributed by atoms with Crippen molar-refractivity contribution < 1.29 is 23.9 Å². The molecule has 11 heteroatoms. The van der Waals surface area contributed by atoms with Gasteiger partial charge in [0.1, 0.15) is 11.4 Å². The molecule has 5 rings (SSSR count).